The number of rotatable bonds is 2. The highest BCUT2D eigenvalue weighted by molar-refractivity contribution is 5.97. The van der Waals surface area contributed by atoms with Crippen molar-refractivity contribution >= 4 is 11.6 Å². The van der Waals surface area contributed by atoms with Gasteiger partial charge in [-0.2, -0.15) is 5.10 Å². The number of hydrogen-bond acceptors (Lipinski definition) is 3. The molecule has 0 saturated carbocycles. The highest BCUT2D eigenvalue weighted by Gasteiger charge is 2.30. The van der Waals surface area contributed by atoms with Gasteiger partial charge in [0.15, 0.2) is 0 Å². The monoisotopic (exact) mass is 222 g/mol. The van der Waals surface area contributed by atoms with Crippen molar-refractivity contribution in [2.75, 3.05) is 12.3 Å². The van der Waals surface area contributed by atoms with Crippen LogP contribution in [0.2, 0.25) is 0 Å². The average molecular weight is 222 g/mol. The lowest BCUT2D eigenvalue weighted by molar-refractivity contribution is 0.0723. The minimum Gasteiger partial charge on any atom is -0.396 e. The topological polar surface area (TPSA) is 64.2 Å². The van der Waals surface area contributed by atoms with Crippen molar-refractivity contribution in [1.82, 2.24) is 14.7 Å². The van der Waals surface area contributed by atoms with E-state index in [4.69, 9.17) is 5.73 Å². The van der Waals surface area contributed by atoms with Crippen molar-refractivity contribution in [3.05, 3.63) is 11.9 Å². The van der Waals surface area contributed by atoms with E-state index in [-0.39, 0.29) is 5.91 Å². The van der Waals surface area contributed by atoms with Crippen LogP contribution in [0.15, 0.2) is 6.20 Å². The van der Waals surface area contributed by atoms with Crippen LogP contribution in [-0.4, -0.2) is 33.2 Å². The van der Waals surface area contributed by atoms with Crippen LogP contribution in [0.1, 0.15) is 36.7 Å². The van der Waals surface area contributed by atoms with Gasteiger partial charge in [-0.1, -0.05) is 6.92 Å². The minimum absolute atomic E-state index is 0.0156. The lowest BCUT2D eigenvalue weighted by atomic mass is 10.1. The predicted octanol–water partition coefficient (Wildman–Crippen LogP) is 1.02. The van der Waals surface area contributed by atoms with Crippen LogP contribution in [0.3, 0.4) is 0 Å². The SMILES string of the molecule is CCC1CCCN1C(=O)c1c(N)cnn1C. The van der Waals surface area contributed by atoms with E-state index < -0.39 is 0 Å². The van der Waals surface area contributed by atoms with Crippen LogP contribution in [0.25, 0.3) is 0 Å². The van der Waals surface area contributed by atoms with Gasteiger partial charge < -0.3 is 10.6 Å². The maximum absolute atomic E-state index is 12.3. The Morgan fingerprint density at radius 2 is 2.44 bits per heavy atom. The molecule has 0 radical (unpaired) electrons. The van der Waals surface area contributed by atoms with Gasteiger partial charge in [0, 0.05) is 19.6 Å². The molecule has 5 nitrogen and oxygen atoms in total. The van der Waals surface area contributed by atoms with Crippen LogP contribution in [0.4, 0.5) is 5.69 Å². The number of likely N-dealkylation sites (tertiary alicyclic amines) is 1. The minimum atomic E-state index is 0.0156. The fourth-order valence-electron chi connectivity index (χ4n) is 2.38. The molecule has 5 heteroatoms. The molecule has 2 rings (SSSR count). The summed E-state index contributed by atoms with van der Waals surface area (Å²) in [5.41, 5.74) is 6.75. The van der Waals surface area contributed by atoms with Crippen LogP contribution in [-0.2, 0) is 7.05 Å². The molecule has 0 aromatic carbocycles. The van der Waals surface area contributed by atoms with Crippen LogP contribution in [0.5, 0.6) is 0 Å². The second-order valence-electron chi connectivity index (χ2n) is 4.27. The molecule has 1 aliphatic rings. The van der Waals surface area contributed by atoms with Gasteiger partial charge >= 0.3 is 0 Å². The molecule has 1 atom stereocenters. The first kappa shape index (κ1) is 11.0. The van der Waals surface area contributed by atoms with E-state index in [0.29, 0.717) is 17.4 Å². The Morgan fingerprint density at radius 3 is 3.00 bits per heavy atom. The van der Waals surface area contributed by atoms with Gasteiger partial charge in [-0.3, -0.25) is 9.48 Å². The van der Waals surface area contributed by atoms with Gasteiger partial charge in [-0.05, 0) is 19.3 Å². The van der Waals surface area contributed by atoms with Crippen LogP contribution >= 0.6 is 0 Å². The molecule has 1 aliphatic heterocycles. The molecule has 2 N–H and O–H groups in total. The number of aromatic nitrogens is 2. The summed E-state index contributed by atoms with van der Waals surface area (Å²) in [4.78, 5) is 14.2. The molecule has 1 aromatic heterocycles. The summed E-state index contributed by atoms with van der Waals surface area (Å²) in [6, 6.07) is 0.363. The number of nitrogens with two attached hydrogens (primary N) is 1. The maximum atomic E-state index is 12.3. The first-order valence-electron chi connectivity index (χ1n) is 5.73. The van der Waals surface area contributed by atoms with Crippen molar-refractivity contribution in [3.63, 3.8) is 0 Å². The highest BCUT2D eigenvalue weighted by Crippen LogP contribution is 2.23. The second kappa shape index (κ2) is 4.15. The largest absolute Gasteiger partial charge is 0.396 e. The normalized spacial score (nSPS) is 20.4. The molecule has 1 fully saturated rings. The molecule has 0 bridgehead atoms. The molecule has 1 aromatic rings. The smallest absolute Gasteiger partial charge is 0.274 e. The van der Waals surface area contributed by atoms with E-state index in [1.807, 2.05) is 4.90 Å². The molecule has 2 heterocycles. The summed E-state index contributed by atoms with van der Waals surface area (Å²) in [6.07, 6.45) is 4.72. The Labute approximate surface area is 95.2 Å². The summed E-state index contributed by atoms with van der Waals surface area (Å²) in [5, 5.41) is 4.00. The van der Waals surface area contributed by atoms with E-state index in [1.54, 1.807) is 11.7 Å². The summed E-state index contributed by atoms with van der Waals surface area (Å²) in [5.74, 6) is 0.0156. The number of nitrogens with zero attached hydrogens (tertiary/aromatic N) is 3. The first-order chi connectivity index (χ1) is 7.65. The summed E-state index contributed by atoms with van der Waals surface area (Å²) in [7, 11) is 1.75. The van der Waals surface area contributed by atoms with Gasteiger partial charge in [-0.25, -0.2) is 0 Å². The number of carbonyl (C=O) groups excluding carboxylic acids is 1. The maximum Gasteiger partial charge on any atom is 0.274 e. The standard InChI is InChI=1S/C11H18N4O/c1-3-8-5-4-6-15(8)11(16)10-9(12)7-13-14(10)2/h7-8H,3-6,12H2,1-2H3. The molecular weight excluding hydrogens is 204 g/mol. The third kappa shape index (κ3) is 1.66. The van der Waals surface area contributed by atoms with Gasteiger partial charge in [0.25, 0.3) is 5.91 Å². The van der Waals surface area contributed by atoms with Gasteiger partial charge in [0.05, 0.1) is 11.9 Å². The second-order valence-corrected chi connectivity index (χ2v) is 4.27. The highest BCUT2D eigenvalue weighted by atomic mass is 16.2. The zero-order chi connectivity index (χ0) is 11.7. The van der Waals surface area contributed by atoms with Gasteiger partial charge in [0.1, 0.15) is 5.69 Å². The third-order valence-corrected chi connectivity index (χ3v) is 3.28. The number of aryl methyl sites for hydroxylation is 1. The third-order valence-electron chi connectivity index (χ3n) is 3.28. The molecule has 1 amide bonds. The lowest BCUT2D eigenvalue weighted by Gasteiger charge is -2.23. The number of hydrogen-bond donors (Lipinski definition) is 1. The van der Waals surface area contributed by atoms with E-state index >= 15 is 0 Å². The average Bonchev–Trinajstić information content (AvgIpc) is 2.85. The molecule has 0 aliphatic carbocycles. The summed E-state index contributed by atoms with van der Waals surface area (Å²) in [6.45, 7) is 2.95. The number of amides is 1. The van der Waals surface area contributed by atoms with Crippen LogP contribution < -0.4 is 5.73 Å². The van der Waals surface area contributed by atoms with Gasteiger partial charge in [0.2, 0.25) is 0 Å². The number of nitrogen functional groups attached to an aromatic ring is 1. The Kier molecular flexibility index (Phi) is 2.85. The molecular formula is C11H18N4O. The first-order valence-corrected chi connectivity index (χ1v) is 5.73. The quantitative estimate of drug-likeness (QED) is 0.812. The predicted molar refractivity (Wildman–Crippen MR) is 62.0 cm³/mol. The lowest BCUT2D eigenvalue weighted by Crippen LogP contribution is -2.36. The molecule has 1 saturated heterocycles. The van der Waals surface area contributed by atoms with E-state index in [0.717, 1.165) is 25.8 Å². The summed E-state index contributed by atoms with van der Waals surface area (Å²) >= 11 is 0. The fraction of sp³-hybridized carbons (Fsp3) is 0.636. The molecule has 1 unspecified atom stereocenters. The van der Waals surface area contributed by atoms with Crippen LogP contribution in [0, 0.1) is 0 Å². The molecule has 0 spiro atoms. The Morgan fingerprint density at radius 1 is 1.69 bits per heavy atom. The Hall–Kier alpha value is -1.52. The summed E-state index contributed by atoms with van der Waals surface area (Å²) < 4.78 is 1.56. The molecule has 88 valence electrons. The zero-order valence-electron chi connectivity index (χ0n) is 9.81. The number of carbonyl (C=O) groups is 1. The molecule has 16 heavy (non-hydrogen) atoms. The Balaban J connectivity index is 2.25. The van der Waals surface area contributed by atoms with E-state index in [2.05, 4.69) is 12.0 Å². The van der Waals surface area contributed by atoms with Crippen molar-refractivity contribution in [1.29, 1.82) is 0 Å². The Bertz CT molecular complexity index is 379. The van der Waals surface area contributed by atoms with E-state index in [9.17, 15) is 4.79 Å². The van der Waals surface area contributed by atoms with Crippen molar-refractivity contribution < 1.29 is 4.79 Å². The van der Waals surface area contributed by atoms with Crippen molar-refractivity contribution in [2.24, 2.45) is 7.05 Å². The van der Waals surface area contributed by atoms with Gasteiger partial charge in [-0.15, -0.1) is 0 Å². The van der Waals surface area contributed by atoms with E-state index in [1.165, 1.54) is 6.20 Å². The zero-order valence-corrected chi connectivity index (χ0v) is 9.81. The van der Waals surface area contributed by atoms with Crippen molar-refractivity contribution in [3.8, 4) is 0 Å². The van der Waals surface area contributed by atoms with Crippen molar-refractivity contribution in [2.45, 2.75) is 32.2 Å². The number of anilines is 1. The fourth-order valence-corrected chi connectivity index (χ4v) is 2.38.